The SMILES string of the molecule is Cc1cc(C(=O)Nc2ccc(Cl)c(Br)c2)ccn1. The Morgan fingerprint density at radius 1 is 1.33 bits per heavy atom. The maximum absolute atomic E-state index is 12.0. The third-order valence-electron chi connectivity index (χ3n) is 2.34. The molecule has 2 rings (SSSR count). The van der Waals surface area contributed by atoms with E-state index in [-0.39, 0.29) is 5.91 Å². The van der Waals surface area contributed by atoms with Crippen LogP contribution in [0.15, 0.2) is 41.0 Å². The molecule has 92 valence electrons. The zero-order chi connectivity index (χ0) is 13.1. The number of benzene rings is 1. The van der Waals surface area contributed by atoms with Gasteiger partial charge in [-0.1, -0.05) is 11.6 Å². The number of amides is 1. The zero-order valence-corrected chi connectivity index (χ0v) is 11.9. The van der Waals surface area contributed by atoms with Crippen LogP contribution in [0, 0.1) is 6.92 Å². The summed E-state index contributed by atoms with van der Waals surface area (Å²) < 4.78 is 0.743. The van der Waals surface area contributed by atoms with Crippen molar-refractivity contribution in [2.24, 2.45) is 0 Å². The standard InChI is InChI=1S/C13H10BrClN2O/c1-8-6-9(4-5-16-8)13(18)17-10-2-3-12(15)11(14)7-10/h2-7H,1H3,(H,17,18). The van der Waals surface area contributed by atoms with Gasteiger partial charge < -0.3 is 5.32 Å². The number of pyridine rings is 1. The number of hydrogen-bond donors (Lipinski definition) is 1. The van der Waals surface area contributed by atoms with Gasteiger partial charge in [0.15, 0.2) is 0 Å². The number of hydrogen-bond acceptors (Lipinski definition) is 2. The third-order valence-corrected chi connectivity index (χ3v) is 3.55. The average molecular weight is 326 g/mol. The summed E-state index contributed by atoms with van der Waals surface area (Å²) in [5.41, 5.74) is 2.07. The minimum Gasteiger partial charge on any atom is -0.322 e. The van der Waals surface area contributed by atoms with Gasteiger partial charge in [-0.25, -0.2) is 0 Å². The number of anilines is 1. The van der Waals surface area contributed by atoms with Gasteiger partial charge in [-0.05, 0) is 53.2 Å². The zero-order valence-electron chi connectivity index (χ0n) is 9.58. The minimum absolute atomic E-state index is 0.172. The second-order valence-corrected chi connectivity index (χ2v) is 5.03. The van der Waals surface area contributed by atoms with Crippen molar-refractivity contribution in [1.82, 2.24) is 4.98 Å². The van der Waals surface area contributed by atoms with Gasteiger partial charge in [0.05, 0.1) is 5.02 Å². The van der Waals surface area contributed by atoms with Crippen LogP contribution in [-0.4, -0.2) is 10.9 Å². The highest BCUT2D eigenvalue weighted by Gasteiger charge is 2.07. The molecule has 0 unspecified atom stereocenters. The molecule has 0 spiro atoms. The first-order chi connectivity index (χ1) is 8.56. The summed E-state index contributed by atoms with van der Waals surface area (Å²) in [6, 6.07) is 8.64. The molecule has 0 atom stereocenters. The van der Waals surface area contributed by atoms with Gasteiger partial charge in [-0.15, -0.1) is 0 Å². The first-order valence-corrected chi connectivity index (χ1v) is 6.42. The Morgan fingerprint density at radius 3 is 2.78 bits per heavy atom. The number of halogens is 2. The van der Waals surface area contributed by atoms with Crippen molar-refractivity contribution in [2.75, 3.05) is 5.32 Å². The van der Waals surface area contributed by atoms with Crippen LogP contribution in [0.3, 0.4) is 0 Å². The first-order valence-electron chi connectivity index (χ1n) is 5.25. The van der Waals surface area contributed by atoms with Gasteiger partial charge in [0.1, 0.15) is 0 Å². The fourth-order valence-corrected chi connectivity index (χ4v) is 1.96. The number of nitrogens with one attached hydrogen (secondary N) is 1. The topological polar surface area (TPSA) is 42.0 Å². The molecule has 0 aliphatic rings. The molecule has 0 aliphatic carbocycles. The van der Waals surface area contributed by atoms with Crippen molar-refractivity contribution in [3.05, 3.63) is 57.3 Å². The Balaban J connectivity index is 2.18. The van der Waals surface area contributed by atoms with E-state index in [1.54, 1.807) is 36.5 Å². The van der Waals surface area contributed by atoms with E-state index in [0.717, 1.165) is 10.2 Å². The Morgan fingerprint density at radius 2 is 2.11 bits per heavy atom. The van der Waals surface area contributed by atoms with Gasteiger partial charge in [-0.3, -0.25) is 9.78 Å². The van der Waals surface area contributed by atoms with Crippen LogP contribution in [0.1, 0.15) is 16.1 Å². The lowest BCUT2D eigenvalue weighted by Crippen LogP contribution is -2.12. The molecule has 0 aliphatic heterocycles. The quantitative estimate of drug-likeness (QED) is 0.905. The monoisotopic (exact) mass is 324 g/mol. The van der Waals surface area contributed by atoms with E-state index in [1.807, 2.05) is 6.92 Å². The lowest BCUT2D eigenvalue weighted by Gasteiger charge is -2.06. The molecule has 0 fully saturated rings. The molecule has 1 aromatic carbocycles. The highest BCUT2D eigenvalue weighted by Crippen LogP contribution is 2.25. The summed E-state index contributed by atoms with van der Waals surface area (Å²) in [6.45, 7) is 1.84. The minimum atomic E-state index is -0.172. The molecule has 0 saturated carbocycles. The molecule has 0 bridgehead atoms. The Kier molecular flexibility index (Phi) is 3.99. The lowest BCUT2D eigenvalue weighted by molar-refractivity contribution is 0.102. The van der Waals surface area contributed by atoms with Crippen LogP contribution in [0.25, 0.3) is 0 Å². The Hall–Kier alpha value is -1.39. The van der Waals surface area contributed by atoms with E-state index in [4.69, 9.17) is 11.6 Å². The molecule has 1 aromatic heterocycles. The second-order valence-electron chi connectivity index (χ2n) is 3.77. The van der Waals surface area contributed by atoms with Crippen LogP contribution in [0.2, 0.25) is 5.02 Å². The van der Waals surface area contributed by atoms with Crippen molar-refractivity contribution >= 4 is 39.1 Å². The Bertz CT molecular complexity index is 601. The molecular weight excluding hydrogens is 316 g/mol. The van der Waals surface area contributed by atoms with Crippen molar-refractivity contribution in [3.63, 3.8) is 0 Å². The molecular formula is C13H10BrClN2O. The van der Waals surface area contributed by atoms with Crippen molar-refractivity contribution in [1.29, 1.82) is 0 Å². The fraction of sp³-hybridized carbons (Fsp3) is 0.0769. The largest absolute Gasteiger partial charge is 0.322 e. The predicted octanol–water partition coefficient (Wildman–Crippen LogP) is 4.06. The highest BCUT2D eigenvalue weighted by atomic mass is 79.9. The fourth-order valence-electron chi connectivity index (χ4n) is 1.46. The van der Waals surface area contributed by atoms with Crippen LogP contribution >= 0.6 is 27.5 Å². The summed E-state index contributed by atoms with van der Waals surface area (Å²) in [5, 5.41) is 3.40. The molecule has 1 N–H and O–H groups in total. The van der Waals surface area contributed by atoms with Gasteiger partial charge in [-0.2, -0.15) is 0 Å². The lowest BCUT2D eigenvalue weighted by atomic mass is 10.2. The molecule has 0 radical (unpaired) electrons. The smallest absolute Gasteiger partial charge is 0.255 e. The number of nitrogens with zero attached hydrogens (tertiary/aromatic N) is 1. The van der Waals surface area contributed by atoms with Gasteiger partial charge in [0, 0.05) is 27.6 Å². The predicted molar refractivity (Wildman–Crippen MR) is 76.1 cm³/mol. The van der Waals surface area contributed by atoms with E-state index >= 15 is 0 Å². The van der Waals surface area contributed by atoms with Gasteiger partial charge in [0.25, 0.3) is 5.91 Å². The van der Waals surface area contributed by atoms with Gasteiger partial charge in [0.2, 0.25) is 0 Å². The normalized spacial score (nSPS) is 10.2. The molecule has 0 saturated heterocycles. The third kappa shape index (κ3) is 3.09. The molecule has 1 heterocycles. The van der Waals surface area contributed by atoms with Crippen LogP contribution in [0.4, 0.5) is 5.69 Å². The number of carbonyl (C=O) groups is 1. The van der Waals surface area contributed by atoms with Crippen molar-refractivity contribution < 1.29 is 4.79 Å². The summed E-state index contributed by atoms with van der Waals surface area (Å²) in [5.74, 6) is -0.172. The van der Waals surface area contributed by atoms with Crippen LogP contribution in [0.5, 0.6) is 0 Å². The average Bonchev–Trinajstić information content (AvgIpc) is 2.34. The van der Waals surface area contributed by atoms with E-state index < -0.39 is 0 Å². The molecule has 5 heteroatoms. The van der Waals surface area contributed by atoms with E-state index in [9.17, 15) is 4.79 Å². The van der Waals surface area contributed by atoms with Crippen molar-refractivity contribution in [3.8, 4) is 0 Å². The maximum Gasteiger partial charge on any atom is 0.255 e. The number of carbonyl (C=O) groups excluding carboxylic acids is 1. The number of aromatic nitrogens is 1. The Labute approximate surface area is 118 Å². The summed E-state index contributed by atoms with van der Waals surface area (Å²) in [4.78, 5) is 16.0. The molecule has 1 amide bonds. The van der Waals surface area contributed by atoms with Crippen LogP contribution < -0.4 is 5.32 Å². The highest BCUT2D eigenvalue weighted by molar-refractivity contribution is 9.10. The summed E-state index contributed by atoms with van der Waals surface area (Å²) in [6.07, 6.45) is 1.61. The molecule has 3 nitrogen and oxygen atoms in total. The molecule has 2 aromatic rings. The van der Waals surface area contributed by atoms with E-state index in [0.29, 0.717) is 16.3 Å². The number of aryl methyl sites for hydroxylation is 1. The van der Waals surface area contributed by atoms with Gasteiger partial charge >= 0.3 is 0 Å². The van der Waals surface area contributed by atoms with E-state index in [1.165, 1.54) is 0 Å². The maximum atomic E-state index is 12.0. The first kappa shape index (κ1) is 13.1. The summed E-state index contributed by atoms with van der Waals surface area (Å²) in [7, 11) is 0. The van der Waals surface area contributed by atoms with Crippen molar-refractivity contribution in [2.45, 2.75) is 6.92 Å². The second kappa shape index (κ2) is 5.50. The molecule has 18 heavy (non-hydrogen) atoms. The number of rotatable bonds is 2. The van der Waals surface area contributed by atoms with Crippen LogP contribution in [-0.2, 0) is 0 Å². The summed E-state index contributed by atoms with van der Waals surface area (Å²) >= 11 is 9.20. The van der Waals surface area contributed by atoms with E-state index in [2.05, 4.69) is 26.2 Å².